The number of ether oxygens (including phenoxy) is 1. The van der Waals surface area contributed by atoms with Gasteiger partial charge in [-0.15, -0.1) is 5.10 Å². The van der Waals surface area contributed by atoms with Gasteiger partial charge in [0.2, 0.25) is 5.91 Å². The first-order chi connectivity index (χ1) is 12.1. The molecular weight excluding hydrogens is 347 g/mol. The lowest BCUT2D eigenvalue weighted by Gasteiger charge is -2.11. The number of carbonyl (C=O) groups is 1. The molecule has 0 spiro atoms. The van der Waals surface area contributed by atoms with E-state index in [9.17, 15) is 14.0 Å². The summed E-state index contributed by atoms with van der Waals surface area (Å²) in [6.07, 6.45) is 1.92. The van der Waals surface area contributed by atoms with Gasteiger partial charge in [-0.1, -0.05) is 23.9 Å². The molecule has 1 aliphatic heterocycles. The summed E-state index contributed by atoms with van der Waals surface area (Å²) in [6, 6.07) is 5.94. The number of hydrogen-bond acceptors (Lipinski definition) is 5. The number of aromatic amines is 1. The zero-order chi connectivity index (χ0) is 17.6. The number of hydrogen-bond donors (Lipinski definition) is 2. The smallest absolute Gasteiger partial charge is 0.344 e. The summed E-state index contributed by atoms with van der Waals surface area (Å²) in [7, 11) is 0. The quantitative estimate of drug-likeness (QED) is 0.721. The Kier molecular flexibility index (Phi) is 5.87. The number of carbonyl (C=O) groups excluding carboxylic acids is 1. The maximum Gasteiger partial charge on any atom is 0.344 e. The van der Waals surface area contributed by atoms with E-state index in [1.165, 1.54) is 28.5 Å². The topological polar surface area (TPSA) is 89.0 Å². The number of rotatable bonds is 7. The van der Waals surface area contributed by atoms with E-state index >= 15 is 0 Å². The van der Waals surface area contributed by atoms with Crippen molar-refractivity contribution in [3.63, 3.8) is 0 Å². The highest BCUT2D eigenvalue weighted by Gasteiger charge is 2.20. The molecule has 0 saturated carbocycles. The molecule has 0 bridgehead atoms. The van der Waals surface area contributed by atoms with Crippen molar-refractivity contribution in [1.82, 2.24) is 20.1 Å². The molecule has 25 heavy (non-hydrogen) atoms. The predicted octanol–water partition coefficient (Wildman–Crippen LogP) is 1.30. The predicted molar refractivity (Wildman–Crippen MR) is 90.8 cm³/mol. The number of amides is 1. The van der Waals surface area contributed by atoms with Gasteiger partial charge in [-0.2, -0.15) is 0 Å². The van der Waals surface area contributed by atoms with Crippen molar-refractivity contribution < 1.29 is 13.9 Å². The van der Waals surface area contributed by atoms with Gasteiger partial charge in [0.05, 0.1) is 18.4 Å². The van der Waals surface area contributed by atoms with Gasteiger partial charge in [0.15, 0.2) is 5.16 Å². The molecule has 1 fully saturated rings. The standard InChI is InChI=1S/C16H19FN4O3S/c17-12-5-3-11(4-6-12)8-18-14(22)10-25-16-20-19-15(23)21(16)9-13-2-1-7-24-13/h3-6,13H,1-2,7-10H2,(H,18,22)(H,19,23)/t13-/m1/s1. The lowest BCUT2D eigenvalue weighted by atomic mass is 10.2. The third-order valence-electron chi connectivity index (χ3n) is 3.87. The first kappa shape index (κ1) is 17.7. The molecule has 7 nitrogen and oxygen atoms in total. The zero-order valence-electron chi connectivity index (χ0n) is 13.5. The molecule has 0 unspecified atom stereocenters. The molecule has 134 valence electrons. The average Bonchev–Trinajstić information content (AvgIpc) is 3.24. The van der Waals surface area contributed by atoms with E-state index in [1.54, 1.807) is 12.1 Å². The fourth-order valence-electron chi connectivity index (χ4n) is 2.55. The van der Waals surface area contributed by atoms with E-state index in [2.05, 4.69) is 15.5 Å². The average molecular weight is 366 g/mol. The van der Waals surface area contributed by atoms with E-state index in [1.807, 2.05) is 0 Å². The van der Waals surface area contributed by atoms with Gasteiger partial charge in [0, 0.05) is 13.2 Å². The van der Waals surface area contributed by atoms with Gasteiger partial charge in [0.25, 0.3) is 0 Å². The zero-order valence-corrected chi connectivity index (χ0v) is 14.4. The van der Waals surface area contributed by atoms with Crippen molar-refractivity contribution in [2.75, 3.05) is 12.4 Å². The summed E-state index contributed by atoms with van der Waals surface area (Å²) >= 11 is 1.19. The van der Waals surface area contributed by atoms with Crippen LogP contribution in [0.15, 0.2) is 34.2 Å². The number of benzene rings is 1. The van der Waals surface area contributed by atoms with E-state index in [-0.39, 0.29) is 29.3 Å². The molecule has 1 atom stereocenters. The van der Waals surface area contributed by atoms with Gasteiger partial charge in [-0.25, -0.2) is 14.3 Å². The van der Waals surface area contributed by atoms with Gasteiger partial charge >= 0.3 is 5.69 Å². The number of nitrogens with one attached hydrogen (secondary N) is 2. The largest absolute Gasteiger partial charge is 0.376 e. The summed E-state index contributed by atoms with van der Waals surface area (Å²) < 4.78 is 19.9. The monoisotopic (exact) mass is 366 g/mol. The normalized spacial score (nSPS) is 16.9. The molecule has 1 aromatic carbocycles. The Morgan fingerprint density at radius 3 is 2.96 bits per heavy atom. The summed E-state index contributed by atoms with van der Waals surface area (Å²) in [5, 5.41) is 9.61. The minimum atomic E-state index is -0.312. The fourth-order valence-corrected chi connectivity index (χ4v) is 3.34. The molecule has 1 aromatic heterocycles. The van der Waals surface area contributed by atoms with Crippen molar-refractivity contribution in [1.29, 1.82) is 0 Å². The van der Waals surface area contributed by atoms with Gasteiger partial charge in [-0.05, 0) is 30.5 Å². The van der Waals surface area contributed by atoms with Crippen LogP contribution in [0.25, 0.3) is 0 Å². The lowest BCUT2D eigenvalue weighted by Crippen LogP contribution is -2.26. The third-order valence-corrected chi connectivity index (χ3v) is 4.85. The van der Waals surface area contributed by atoms with Crippen LogP contribution in [-0.4, -0.2) is 39.1 Å². The molecule has 1 amide bonds. The van der Waals surface area contributed by atoms with Gasteiger partial charge in [-0.3, -0.25) is 9.36 Å². The van der Waals surface area contributed by atoms with Crippen LogP contribution in [0.1, 0.15) is 18.4 Å². The van der Waals surface area contributed by atoms with E-state index in [0.29, 0.717) is 24.9 Å². The van der Waals surface area contributed by atoms with Crippen molar-refractivity contribution in [2.24, 2.45) is 0 Å². The Morgan fingerprint density at radius 2 is 2.24 bits per heavy atom. The molecule has 2 N–H and O–H groups in total. The van der Waals surface area contributed by atoms with Crippen LogP contribution in [0, 0.1) is 5.82 Å². The first-order valence-electron chi connectivity index (χ1n) is 8.02. The summed E-state index contributed by atoms with van der Waals surface area (Å²) in [5.74, 6) is -0.362. The highest BCUT2D eigenvalue weighted by molar-refractivity contribution is 7.99. The van der Waals surface area contributed by atoms with Gasteiger partial charge < -0.3 is 10.1 Å². The van der Waals surface area contributed by atoms with Crippen molar-refractivity contribution in [3.8, 4) is 0 Å². The maximum atomic E-state index is 12.8. The maximum absolute atomic E-state index is 12.8. The Morgan fingerprint density at radius 1 is 1.44 bits per heavy atom. The number of aromatic nitrogens is 3. The molecule has 2 heterocycles. The molecule has 2 aromatic rings. The first-order valence-corrected chi connectivity index (χ1v) is 9.01. The number of H-pyrrole nitrogens is 1. The van der Waals surface area contributed by atoms with E-state index in [0.717, 1.165) is 18.4 Å². The molecule has 1 saturated heterocycles. The second-order valence-electron chi connectivity index (χ2n) is 5.75. The summed E-state index contributed by atoms with van der Waals surface area (Å²) in [6.45, 7) is 1.48. The van der Waals surface area contributed by atoms with Crippen LogP contribution in [0.3, 0.4) is 0 Å². The minimum Gasteiger partial charge on any atom is -0.376 e. The van der Waals surface area contributed by atoms with E-state index < -0.39 is 0 Å². The Bertz CT molecular complexity index is 768. The van der Waals surface area contributed by atoms with Crippen LogP contribution >= 0.6 is 11.8 Å². The number of thioether (sulfide) groups is 1. The Hall–Kier alpha value is -2.13. The molecule has 0 aliphatic carbocycles. The fraction of sp³-hybridized carbons (Fsp3) is 0.438. The van der Waals surface area contributed by atoms with Crippen LogP contribution in [0.5, 0.6) is 0 Å². The van der Waals surface area contributed by atoms with E-state index in [4.69, 9.17) is 4.74 Å². The van der Waals surface area contributed by atoms with Crippen LogP contribution in [-0.2, 0) is 22.6 Å². The summed E-state index contributed by atoms with van der Waals surface area (Å²) in [4.78, 5) is 23.8. The van der Waals surface area contributed by atoms with Crippen LogP contribution < -0.4 is 11.0 Å². The van der Waals surface area contributed by atoms with Crippen LogP contribution in [0.2, 0.25) is 0 Å². The molecule has 1 aliphatic rings. The molecule has 0 radical (unpaired) electrons. The van der Waals surface area contributed by atoms with Crippen molar-refractivity contribution in [2.45, 2.75) is 37.2 Å². The highest BCUT2D eigenvalue weighted by atomic mass is 32.2. The highest BCUT2D eigenvalue weighted by Crippen LogP contribution is 2.17. The van der Waals surface area contributed by atoms with Crippen LogP contribution in [0.4, 0.5) is 4.39 Å². The Balaban J connectivity index is 1.50. The third kappa shape index (κ3) is 4.93. The summed E-state index contributed by atoms with van der Waals surface area (Å²) in [5.41, 5.74) is 0.513. The Labute approximate surface area is 148 Å². The minimum absolute atomic E-state index is 0.0157. The SMILES string of the molecule is O=C(CSc1n[nH]c(=O)n1C[C@H]1CCCO1)NCc1ccc(F)cc1. The number of halogens is 1. The molecular formula is C16H19FN4O3S. The molecule has 3 rings (SSSR count). The lowest BCUT2D eigenvalue weighted by molar-refractivity contribution is -0.118. The van der Waals surface area contributed by atoms with Gasteiger partial charge in [0.1, 0.15) is 5.82 Å². The van der Waals surface area contributed by atoms with Crippen molar-refractivity contribution >= 4 is 17.7 Å². The van der Waals surface area contributed by atoms with Crippen molar-refractivity contribution in [3.05, 3.63) is 46.1 Å². The second kappa shape index (κ2) is 8.30. The second-order valence-corrected chi connectivity index (χ2v) is 6.69. The number of nitrogens with zero attached hydrogens (tertiary/aromatic N) is 2. The molecule has 9 heteroatoms.